The Bertz CT molecular complexity index is 1610. The molecule has 0 heterocycles. The second kappa shape index (κ2) is 13.3. The summed E-state index contributed by atoms with van der Waals surface area (Å²) in [5.74, 6) is 0. The molecule has 1 atom stereocenters. The van der Waals surface area contributed by atoms with Crippen molar-refractivity contribution in [1.82, 2.24) is 0 Å². The fourth-order valence-corrected chi connectivity index (χ4v) is 5.34. The van der Waals surface area contributed by atoms with Gasteiger partial charge in [0, 0.05) is 34.1 Å². The van der Waals surface area contributed by atoms with E-state index in [4.69, 9.17) is 2.56 Å². The lowest BCUT2D eigenvalue weighted by Crippen LogP contribution is -2.10. The topological polar surface area (TPSA) is 6.48 Å². The summed E-state index contributed by atoms with van der Waals surface area (Å²) < 4.78 is 11.8. The number of aryl methyl sites for hydroxylation is 2. The first kappa shape index (κ1) is 26.3. The van der Waals surface area contributed by atoms with Crippen molar-refractivity contribution >= 4 is 43.9 Å². The van der Waals surface area contributed by atoms with Gasteiger partial charge in [-0.25, -0.2) is 0 Å². The van der Waals surface area contributed by atoms with Crippen LogP contribution in [0.25, 0.3) is 0 Å². The first-order valence-corrected chi connectivity index (χ1v) is 14.2. The van der Waals surface area contributed by atoms with Crippen LogP contribution < -0.4 is 9.80 Å². The van der Waals surface area contributed by atoms with Gasteiger partial charge in [-0.2, -0.15) is 9.79 Å². The molecule has 0 spiro atoms. The van der Waals surface area contributed by atoms with E-state index in [1.54, 1.807) is 0 Å². The molecule has 3 heteroatoms. The number of nitrogens with zero attached hydrogens (tertiary/aromatic N) is 2. The molecule has 6 aromatic carbocycles. The van der Waals surface area contributed by atoms with E-state index in [9.17, 15) is 0 Å². The molecule has 6 aromatic rings. The van der Waals surface area contributed by atoms with Crippen LogP contribution in [-0.2, 0) is 6.42 Å². The van der Waals surface area contributed by atoms with E-state index in [-0.39, 0.29) is 0 Å². The van der Waals surface area contributed by atoms with Gasteiger partial charge < -0.3 is 9.80 Å². The Kier molecular flexibility index (Phi) is 8.34. The highest BCUT2D eigenvalue weighted by Gasteiger charge is 2.14. The lowest BCUT2D eigenvalue weighted by Gasteiger charge is -2.26. The third-order valence-corrected chi connectivity index (χ3v) is 7.35. The van der Waals surface area contributed by atoms with Gasteiger partial charge in [-0.1, -0.05) is 84.9 Å². The average Bonchev–Trinajstić information content (AvgIpc) is 3.05. The van der Waals surface area contributed by atoms with Crippen LogP contribution in [0.4, 0.5) is 34.1 Å². The molecule has 42 heavy (non-hydrogen) atoms. The van der Waals surface area contributed by atoms with Gasteiger partial charge in [0.25, 0.3) is 0 Å². The van der Waals surface area contributed by atoms with Gasteiger partial charge in [-0.05, 0) is 115 Å². The maximum atomic E-state index is 5.90. The fraction of sp³-hybridized carbons (Fsp3) is 0.0769. The van der Waals surface area contributed by atoms with Gasteiger partial charge in [0.1, 0.15) is 0 Å². The van der Waals surface area contributed by atoms with Crippen molar-refractivity contribution in [2.24, 2.45) is 0 Å². The van der Waals surface area contributed by atoms with Crippen molar-refractivity contribution in [3.05, 3.63) is 180 Å². The lowest BCUT2D eigenvalue weighted by atomic mass is 10.0. The minimum atomic E-state index is -0.417. The van der Waals surface area contributed by atoms with Crippen LogP contribution in [0, 0.1) is 13.8 Å². The van der Waals surface area contributed by atoms with Gasteiger partial charge in [-0.15, -0.1) is 0 Å². The first-order valence-electron chi connectivity index (χ1n) is 15.2. The lowest BCUT2D eigenvalue weighted by molar-refractivity contribution is 1.18. The molecule has 0 aliphatic heterocycles. The highest BCUT2D eigenvalue weighted by molar-refractivity contribution is 6.92. The van der Waals surface area contributed by atoms with E-state index >= 15 is 0 Å². The van der Waals surface area contributed by atoms with E-state index in [2.05, 4.69) is 181 Å². The van der Waals surface area contributed by atoms with Crippen LogP contribution in [0.3, 0.4) is 0 Å². The molecular weight excluding hydrogens is 527 g/mol. The van der Waals surface area contributed by atoms with Gasteiger partial charge in [0.2, 0.25) is 0 Å². The Labute approximate surface area is 256 Å². The molecule has 0 aromatic heterocycles. The molecule has 0 fully saturated rings. The second-order valence-corrected chi connectivity index (χ2v) is 10.5. The van der Waals surface area contributed by atoms with Crippen molar-refractivity contribution < 1.29 is 0 Å². The molecular formula is C39H37N2P. The molecule has 0 radical (unpaired) electrons. The Balaban J connectivity index is 0.00000123. The van der Waals surface area contributed by atoms with Gasteiger partial charge in [0.05, 0.1) is 2.56 Å². The Morgan fingerprint density at radius 3 is 1.17 bits per heavy atom. The Morgan fingerprint density at radius 2 is 0.810 bits per heavy atom. The van der Waals surface area contributed by atoms with Crippen molar-refractivity contribution in [2.75, 3.05) is 9.80 Å². The maximum Gasteiger partial charge on any atom is 0.0511 e. The smallest absolute Gasteiger partial charge is 0.0511 e. The maximum absolute atomic E-state index is 5.90. The zero-order valence-electron chi connectivity index (χ0n) is 26.1. The summed E-state index contributed by atoms with van der Waals surface area (Å²) in [4.78, 5) is 4.63. The minimum Gasteiger partial charge on any atom is -0.310 e. The predicted octanol–water partition coefficient (Wildman–Crippen LogP) is 10.9. The van der Waals surface area contributed by atoms with Gasteiger partial charge >= 0.3 is 0 Å². The Hall–Kier alpha value is -4.65. The Morgan fingerprint density at radius 1 is 0.476 bits per heavy atom. The molecule has 6 rings (SSSR count). The average molecular weight is 568 g/mol. The molecule has 0 amide bonds. The predicted molar refractivity (Wildman–Crippen MR) is 186 cm³/mol. The summed E-state index contributed by atoms with van der Waals surface area (Å²) in [5.41, 5.74) is 12.0. The molecule has 0 saturated carbocycles. The van der Waals surface area contributed by atoms with E-state index in [0.717, 1.165) is 40.5 Å². The second-order valence-electron chi connectivity index (χ2n) is 10.5. The zero-order valence-corrected chi connectivity index (χ0v) is 25.1. The molecule has 0 saturated heterocycles. The molecule has 0 bridgehead atoms. The van der Waals surface area contributed by atoms with Crippen LogP contribution >= 0.6 is 9.79 Å². The zero-order chi connectivity index (χ0) is 30.7. The molecule has 0 aliphatic carbocycles. The van der Waals surface area contributed by atoms with Gasteiger partial charge in [-0.3, -0.25) is 0 Å². The van der Waals surface area contributed by atoms with E-state index in [1.807, 2.05) is 0 Å². The van der Waals surface area contributed by atoms with Crippen LogP contribution in [0.1, 0.15) is 22.3 Å². The van der Waals surface area contributed by atoms with E-state index in [1.165, 1.54) is 22.3 Å². The number of hydrogen-bond donors (Lipinski definition) is 0. The monoisotopic (exact) mass is 567 g/mol. The van der Waals surface area contributed by atoms with Crippen LogP contribution in [0.2, 0.25) is 0 Å². The highest BCUT2D eigenvalue weighted by Crippen LogP contribution is 2.36. The normalized spacial score (nSPS) is 11.3. The van der Waals surface area contributed by atoms with Crippen LogP contribution in [0.5, 0.6) is 0 Å². The fourth-order valence-electron chi connectivity index (χ4n) is 5.34. The molecule has 0 N–H and O–H groups in total. The van der Waals surface area contributed by atoms with Crippen LogP contribution in [-0.4, -0.2) is 2.56 Å². The number of rotatable bonds is 8. The number of hydrogen-bond acceptors (Lipinski definition) is 2. The third-order valence-electron chi connectivity index (χ3n) is 7.35. The number of anilines is 6. The molecule has 1 unspecified atom stereocenters. The molecule has 208 valence electrons. The largest absolute Gasteiger partial charge is 0.310 e. The summed E-state index contributed by atoms with van der Waals surface area (Å²) in [5, 5.41) is 0. The summed E-state index contributed by atoms with van der Waals surface area (Å²) in [6.07, 6.45) is 0.881. The van der Waals surface area contributed by atoms with Crippen molar-refractivity contribution in [3.8, 4) is 0 Å². The molecule has 2 nitrogen and oxygen atoms in total. The SMILES string of the molecule is Cc1cccc(N(c2ccccc2)c2ccc(Cc3ccc(N(c4ccccc4)c4cccc(C)c4)cc3)cc2)c1.[2H]P[3H]. The summed E-state index contributed by atoms with van der Waals surface area (Å²) in [6.45, 7) is 4.28. The quantitative estimate of drug-likeness (QED) is 0.169. The van der Waals surface area contributed by atoms with Gasteiger partial charge in [0.15, 0.2) is 0 Å². The minimum absolute atomic E-state index is 0.417. The number of benzene rings is 6. The van der Waals surface area contributed by atoms with Crippen molar-refractivity contribution in [3.63, 3.8) is 0 Å². The van der Waals surface area contributed by atoms with Crippen LogP contribution in [0.15, 0.2) is 158 Å². The number of para-hydroxylation sites is 2. The molecule has 0 aliphatic rings. The summed E-state index contributed by atoms with van der Waals surface area (Å²) in [7, 11) is -0.417. The highest BCUT2D eigenvalue weighted by atomic mass is 31.0. The van der Waals surface area contributed by atoms with E-state index < -0.39 is 9.79 Å². The van der Waals surface area contributed by atoms with Crippen molar-refractivity contribution in [2.45, 2.75) is 20.3 Å². The first-order chi connectivity index (χ1) is 21.6. The summed E-state index contributed by atoms with van der Waals surface area (Å²) in [6, 6.07) is 56.4. The van der Waals surface area contributed by atoms with Crippen molar-refractivity contribution in [1.29, 1.82) is 2.56 Å². The van der Waals surface area contributed by atoms with E-state index in [0.29, 0.717) is 0 Å². The standard InChI is InChI=1S/C39H34N2.H3P/c1-30-11-9-17-38(27-30)40(34-13-5-3-6-14-34)36-23-19-32(20-24-36)29-33-21-25-37(26-22-33)41(35-15-7-4-8-16-35)39-18-10-12-31(2)28-39;/h3-28H,29H2,1-2H3;1H3/i;1TD. The summed E-state index contributed by atoms with van der Waals surface area (Å²) >= 11 is 0. The third kappa shape index (κ3) is 6.62.